The molecule has 4 unspecified atom stereocenters. The molecule has 1 aromatic rings. The van der Waals surface area contributed by atoms with Gasteiger partial charge in [0.2, 0.25) is 0 Å². The quantitative estimate of drug-likeness (QED) is 0.713. The van der Waals surface area contributed by atoms with Crippen molar-refractivity contribution in [3.8, 4) is 0 Å². The number of aliphatic hydroxyl groups is 1. The number of urea groups is 1. The summed E-state index contributed by atoms with van der Waals surface area (Å²) in [5.41, 5.74) is -1.70. The summed E-state index contributed by atoms with van der Waals surface area (Å²) >= 11 is 0. The monoisotopic (exact) mass is 428 g/mol. The zero-order valence-electron chi connectivity index (χ0n) is 17.0. The van der Waals surface area contributed by atoms with Crippen LogP contribution in [0.3, 0.4) is 0 Å². The van der Waals surface area contributed by atoms with E-state index >= 15 is 0 Å². The van der Waals surface area contributed by atoms with Crippen molar-refractivity contribution in [3.05, 3.63) is 35.6 Å². The van der Waals surface area contributed by atoms with Crippen LogP contribution in [0.1, 0.15) is 57.4 Å². The van der Waals surface area contributed by atoms with Gasteiger partial charge in [-0.2, -0.15) is 13.2 Å². The molecule has 0 aliphatic carbocycles. The number of likely N-dealkylation sites (tertiary alicyclic amines) is 1. The van der Waals surface area contributed by atoms with Gasteiger partial charge < -0.3 is 14.9 Å². The van der Waals surface area contributed by atoms with E-state index in [0.29, 0.717) is 19.3 Å². The first kappa shape index (κ1) is 21.4. The van der Waals surface area contributed by atoms with Crippen LogP contribution in [0.15, 0.2) is 24.3 Å². The number of hydrogen-bond donors (Lipinski definition) is 1. The summed E-state index contributed by atoms with van der Waals surface area (Å²) in [5.74, 6) is -0.288. The van der Waals surface area contributed by atoms with Gasteiger partial charge in [0.1, 0.15) is 5.82 Å². The number of halogens is 4. The van der Waals surface area contributed by atoms with Crippen LogP contribution in [0, 0.1) is 5.82 Å². The van der Waals surface area contributed by atoms with Gasteiger partial charge in [-0.25, -0.2) is 9.18 Å². The van der Waals surface area contributed by atoms with Crippen LogP contribution in [-0.4, -0.2) is 56.9 Å². The molecule has 30 heavy (non-hydrogen) atoms. The van der Waals surface area contributed by atoms with Crippen molar-refractivity contribution in [2.75, 3.05) is 0 Å². The van der Waals surface area contributed by atoms with Gasteiger partial charge in [0.05, 0.1) is 0 Å². The number of amides is 2. The zero-order valence-corrected chi connectivity index (χ0v) is 17.0. The summed E-state index contributed by atoms with van der Waals surface area (Å²) in [6.45, 7) is 1.98. The molecule has 0 spiro atoms. The minimum absolute atomic E-state index is 0.0142. The summed E-state index contributed by atoms with van der Waals surface area (Å²) in [4.78, 5) is 16.9. The maximum absolute atomic E-state index is 13.4. The van der Waals surface area contributed by atoms with Crippen LogP contribution in [-0.2, 0) is 6.42 Å². The molecule has 0 saturated carbocycles. The van der Waals surface area contributed by atoms with Crippen LogP contribution in [0.4, 0.5) is 22.4 Å². The third kappa shape index (κ3) is 3.79. The van der Waals surface area contributed by atoms with E-state index in [2.05, 4.69) is 0 Å². The van der Waals surface area contributed by atoms with Crippen molar-refractivity contribution >= 4 is 6.03 Å². The smallest absolute Gasteiger partial charge is 0.380 e. The molecule has 1 aromatic carbocycles. The lowest BCUT2D eigenvalue weighted by Gasteiger charge is -2.46. The van der Waals surface area contributed by atoms with Crippen molar-refractivity contribution in [2.45, 2.75) is 94.2 Å². The lowest BCUT2D eigenvalue weighted by atomic mass is 9.85. The topological polar surface area (TPSA) is 43.8 Å². The van der Waals surface area contributed by atoms with Gasteiger partial charge in [0.25, 0.3) is 0 Å². The second-order valence-corrected chi connectivity index (χ2v) is 9.17. The van der Waals surface area contributed by atoms with Gasteiger partial charge in [-0.05, 0) is 63.1 Å². The highest BCUT2D eigenvalue weighted by Crippen LogP contribution is 2.48. The molecule has 4 nitrogen and oxygen atoms in total. The third-order valence-electron chi connectivity index (χ3n) is 7.20. The standard InChI is InChI=1S/C22H28F4N2O2/c1-14-2-8-17(9-5-15-3-6-16(23)7-4-15)27(14)20(29)28-18-10-11-19(28)13-21(30,12-18)22(24,25)26/h3-4,6-7,14,17-19,30H,2,5,8-13H2,1H3. The Balaban J connectivity index is 1.46. The van der Waals surface area contributed by atoms with E-state index in [4.69, 9.17) is 0 Å². The minimum Gasteiger partial charge on any atom is -0.380 e. The Kier molecular flexibility index (Phi) is 5.49. The fourth-order valence-corrected chi connectivity index (χ4v) is 5.59. The normalized spacial score (nSPS) is 33.9. The summed E-state index contributed by atoms with van der Waals surface area (Å²) in [6, 6.07) is 5.01. The number of fused-ring (bicyclic) bond motifs is 2. The Morgan fingerprint density at radius 3 is 2.23 bits per heavy atom. The molecule has 0 radical (unpaired) electrons. The van der Waals surface area contributed by atoms with E-state index in [1.807, 2.05) is 11.8 Å². The number of hydrogen-bond acceptors (Lipinski definition) is 2. The number of rotatable bonds is 3. The predicted molar refractivity (Wildman–Crippen MR) is 103 cm³/mol. The summed E-state index contributed by atoms with van der Waals surface area (Å²) in [5, 5.41) is 10.2. The van der Waals surface area contributed by atoms with E-state index in [9.17, 15) is 27.5 Å². The van der Waals surface area contributed by atoms with Crippen molar-refractivity contribution in [1.82, 2.24) is 9.80 Å². The Labute approximate surface area is 173 Å². The number of benzene rings is 1. The molecule has 4 atom stereocenters. The first-order valence-corrected chi connectivity index (χ1v) is 10.7. The van der Waals surface area contributed by atoms with E-state index in [1.165, 1.54) is 12.1 Å². The average molecular weight is 428 g/mol. The first-order valence-electron chi connectivity index (χ1n) is 10.7. The van der Waals surface area contributed by atoms with Crippen molar-refractivity contribution < 1.29 is 27.5 Å². The Hall–Kier alpha value is -1.83. The zero-order chi connectivity index (χ0) is 21.7. The van der Waals surface area contributed by atoms with Crippen molar-refractivity contribution in [2.24, 2.45) is 0 Å². The molecule has 0 aromatic heterocycles. The van der Waals surface area contributed by atoms with Crippen molar-refractivity contribution in [3.63, 3.8) is 0 Å². The summed E-state index contributed by atoms with van der Waals surface area (Å²) < 4.78 is 53.2. The molecule has 3 saturated heterocycles. The van der Waals surface area contributed by atoms with Crippen LogP contribution >= 0.6 is 0 Å². The fourth-order valence-electron chi connectivity index (χ4n) is 5.59. The van der Waals surface area contributed by atoms with Gasteiger partial charge in [0.15, 0.2) is 5.60 Å². The first-order chi connectivity index (χ1) is 14.1. The van der Waals surface area contributed by atoms with Gasteiger partial charge in [-0.1, -0.05) is 12.1 Å². The molecule has 1 N–H and O–H groups in total. The number of nitrogens with zero attached hydrogens (tertiary/aromatic N) is 2. The van der Waals surface area contributed by atoms with Gasteiger partial charge in [-0.15, -0.1) is 0 Å². The van der Waals surface area contributed by atoms with Crippen LogP contribution in [0.2, 0.25) is 0 Å². The molecule has 8 heteroatoms. The lowest BCUT2D eigenvalue weighted by molar-refractivity contribution is -0.277. The second kappa shape index (κ2) is 7.70. The summed E-state index contributed by atoms with van der Waals surface area (Å²) in [7, 11) is 0. The average Bonchev–Trinajstić information content (AvgIpc) is 3.17. The molecule has 3 fully saturated rings. The lowest BCUT2D eigenvalue weighted by Crippen LogP contribution is -2.61. The molecular formula is C22H28F4N2O2. The van der Waals surface area contributed by atoms with E-state index in [0.717, 1.165) is 24.8 Å². The maximum Gasteiger partial charge on any atom is 0.417 e. The molecule has 3 heterocycles. The third-order valence-corrected chi connectivity index (χ3v) is 7.20. The maximum atomic E-state index is 13.4. The van der Waals surface area contributed by atoms with E-state index < -0.39 is 36.7 Å². The Morgan fingerprint density at radius 2 is 1.67 bits per heavy atom. The van der Waals surface area contributed by atoms with Crippen LogP contribution < -0.4 is 0 Å². The van der Waals surface area contributed by atoms with Crippen LogP contribution in [0.25, 0.3) is 0 Å². The highest BCUT2D eigenvalue weighted by molar-refractivity contribution is 5.77. The Morgan fingerprint density at radius 1 is 1.07 bits per heavy atom. The van der Waals surface area contributed by atoms with E-state index in [-0.39, 0.29) is 23.9 Å². The number of piperidine rings is 1. The van der Waals surface area contributed by atoms with Gasteiger partial charge >= 0.3 is 12.2 Å². The SMILES string of the molecule is CC1CCC(CCc2ccc(F)cc2)N1C(=O)N1C2CCC1CC(O)(C(F)(F)F)C2. The van der Waals surface area contributed by atoms with E-state index in [1.54, 1.807) is 17.0 Å². The largest absolute Gasteiger partial charge is 0.417 e. The molecule has 2 bridgehead atoms. The van der Waals surface area contributed by atoms with Crippen LogP contribution in [0.5, 0.6) is 0 Å². The molecule has 2 amide bonds. The molecule has 3 aliphatic rings. The highest BCUT2D eigenvalue weighted by atomic mass is 19.4. The van der Waals surface area contributed by atoms with Gasteiger partial charge in [0, 0.05) is 37.0 Å². The fraction of sp³-hybridized carbons (Fsp3) is 0.682. The Bertz CT molecular complexity index is 768. The molecule has 166 valence electrons. The van der Waals surface area contributed by atoms with Crippen molar-refractivity contribution in [1.29, 1.82) is 0 Å². The number of alkyl halides is 3. The highest BCUT2D eigenvalue weighted by Gasteiger charge is 2.62. The number of carbonyl (C=O) groups excluding carboxylic acids is 1. The number of aryl methyl sites for hydroxylation is 1. The second-order valence-electron chi connectivity index (χ2n) is 9.17. The molecule has 4 rings (SSSR count). The van der Waals surface area contributed by atoms with Gasteiger partial charge in [-0.3, -0.25) is 0 Å². The molecular weight excluding hydrogens is 400 g/mol. The minimum atomic E-state index is -4.68. The summed E-state index contributed by atoms with van der Waals surface area (Å²) in [6.07, 6.45) is -1.42. The molecule has 3 aliphatic heterocycles. The predicted octanol–water partition coefficient (Wildman–Crippen LogP) is 4.65. The number of carbonyl (C=O) groups is 1.